The first-order chi connectivity index (χ1) is 16.2. The van der Waals surface area contributed by atoms with E-state index in [2.05, 4.69) is 5.32 Å². The third-order valence-electron chi connectivity index (χ3n) is 5.30. The van der Waals surface area contributed by atoms with E-state index in [4.69, 9.17) is 9.15 Å². The van der Waals surface area contributed by atoms with Gasteiger partial charge in [-0.1, -0.05) is 12.1 Å². The maximum atomic E-state index is 13.3. The number of carbonyl (C=O) groups is 1. The van der Waals surface area contributed by atoms with Crippen LogP contribution in [0.4, 0.5) is 23.2 Å². The van der Waals surface area contributed by atoms with Gasteiger partial charge in [0.1, 0.15) is 17.1 Å². The molecular formula is C26H19F4NO3. The summed E-state index contributed by atoms with van der Waals surface area (Å²) in [4.78, 5) is 12.5. The molecule has 1 N–H and O–H groups in total. The van der Waals surface area contributed by atoms with Crippen molar-refractivity contribution in [2.75, 3.05) is 12.4 Å². The lowest BCUT2D eigenvalue weighted by Crippen LogP contribution is -2.10. The van der Waals surface area contributed by atoms with Crippen LogP contribution in [0.25, 0.3) is 27.7 Å². The molecule has 1 amide bonds. The molecule has 4 nitrogen and oxygen atoms in total. The standard InChI is InChI=1S/C26H19F4NO3/c1-15(11-25(32)31-19-9-5-17(6-10-19)26(28,29)30)20-12-21-22(16-3-7-18(27)8-4-16)14-34-24(21)13-23(20)33-2/h3-14H,1-2H3,(H,31,32)/b15-11+. The van der Waals surface area contributed by atoms with Gasteiger partial charge in [0.15, 0.2) is 0 Å². The topological polar surface area (TPSA) is 51.5 Å². The van der Waals surface area contributed by atoms with Gasteiger partial charge in [-0.3, -0.25) is 4.79 Å². The number of halogens is 4. The molecule has 0 unspecified atom stereocenters. The lowest BCUT2D eigenvalue weighted by molar-refractivity contribution is -0.137. The number of carbonyl (C=O) groups excluding carboxylic acids is 1. The van der Waals surface area contributed by atoms with Crippen molar-refractivity contribution < 1.29 is 31.5 Å². The molecule has 0 aliphatic heterocycles. The smallest absolute Gasteiger partial charge is 0.416 e. The van der Waals surface area contributed by atoms with Crippen molar-refractivity contribution in [3.8, 4) is 16.9 Å². The molecule has 1 aromatic heterocycles. The number of furan rings is 1. The number of amides is 1. The first-order valence-corrected chi connectivity index (χ1v) is 10.2. The quantitative estimate of drug-likeness (QED) is 0.246. The summed E-state index contributed by atoms with van der Waals surface area (Å²) in [6, 6.07) is 13.7. The molecule has 0 aliphatic carbocycles. The van der Waals surface area contributed by atoms with E-state index in [0.29, 0.717) is 22.5 Å². The fraction of sp³-hybridized carbons (Fsp3) is 0.115. The third-order valence-corrected chi connectivity index (χ3v) is 5.30. The second kappa shape index (κ2) is 9.05. The van der Waals surface area contributed by atoms with Gasteiger partial charge in [-0.2, -0.15) is 13.2 Å². The maximum absolute atomic E-state index is 13.3. The van der Waals surface area contributed by atoms with E-state index in [9.17, 15) is 22.4 Å². The summed E-state index contributed by atoms with van der Waals surface area (Å²) in [6.45, 7) is 1.72. The van der Waals surface area contributed by atoms with Gasteiger partial charge in [-0.25, -0.2) is 4.39 Å². The molecule has 1 heterocycles. The maximum Gasteiger partial charge on any atom is 0.416 e. The van der Waals surface area contributed by atoms with Crippen molar-refractivity contribution in [3.63, 3.8) is 0 Å². The van der Waals surface area contributed by atoms with Gasteiger partial charge in [0, 0.05) is 34.3 Å². The molecule has 4 rings (SSSR count). The summed E-state index contributed by atoms with van der Waals surface area (Å²) in [5.74, 6) is -0.384. The summed E-state index contributed by atoms with van der Waals surface area (Å²) in [6.07, 6.45) is -1.55. The predicted octanol–water partition coefficient (Wildman–Crippen LogP) is 7.31. The van der Waals surface area contributed by atoms with E-state index in [1.807, 2.05) is 6.07 Å². The molecule has 8 heteroatoms. The average Bonchev–Trinajstić information content (AvgIpc) is 3.21. The number of rotatable bonds is 5. The largest absolute Gasteiger partial charge is 0.496 e. The van der Waals surface area contributed by atoms with Crippen molar-refractivity contribution in [3.05, 3.63) is 89.9 Å². The van der Waals surface area contributed by atoms with Crippen LogP contribution in [0, 0.1) is 5.82 Å². The SMILES string of the molecule is COc1cc2occ(-c3ccc(F)cc3)c2cc1/C(C)=C/C(=O)Nc1ccc(C(F)(F)F)cc1. The van der Waals surface area contributed by atoms with Crippen molar-refractivity contribution in [2.45, 2.75) is 13.1 Å². The minimum Gasteiger partial charge on any atom is -0.496 e. The molecule has 0 saturated carbocycles. The highest BCUT2D eigenvalue weighted by atomic mass is 19.4. The highest BCUT2D eigenvalue weighted by Gasteiger charge is 2.30. The summed E-state index contributed by atoms with van der Waals surface area (Å²) in [5, 5.41) is 3.30. The number of ether oxygens (including phenoxy) is 1. The summed E-state index contributed by atoms with van der Waals surface area (Å²) in [7, 11) is 1.49. The Morgan fingerprint density at radius 3 is 2.32 bits per heavy atom. The van der Waals surface area contributed by atoms with Crippen molar-refractivity contribution in [2.24, 2.45) is 0 Å². The van der Waals surface area contributed by atoms with Gasteiger partial charge >= 0.3 is 6.18 Å². The molecule has 0 radical (unpaired) electrons. The van der Waals surface area contributed by atoms with Crippen molar-refractivity contribution >= 4 is 28.1 Å². The van der Waals surface area contributed by atoms with Crippen LogP contribution in [0.5, 0.6) is 5.75 Å². The third kappa shape index (κ3) is 4.80. The molecule has 0 saturated heterocycles. The van der Waals surface area contributed by atoms with Gasteiger partial charge in [0.05, 0.1) is 18.9 Å². The fourth-order valence-electron chi connectivity index (χ4n) is 3.58. The molecule has 0 aliphatic rings. The number of alkyl halides is 3. The Kier molecular flexibility index (Phi) is 6.15. The van der Waals surface area contributed by atoms with E-state index >= 15 is 0 Å². The van der Waals surface area contributed by atoms with Crippen LogP contribution < -0.4 is 10.1 Å². The number of fused-ring (bicyclic) bond motifs is 1. The highest BCUT2D eigenvalue weighted by Crippen LogP contribution is 2.37. The van der Waals surface area contributed by atoms with Gasteiger partial charge < -0.3 is 14.5 Å². The van der Waals surface area contributed by atoms with Crippen LogP contribution in [0.2, 0.25) is 0 Å². The van der Waals surface area contributed by atoms with E-state index in [1.54, 1.807) is 31.4 Å². The van der Waals surface area contributed by atoms with Gasteiger partial charge in [-0.05, 0) is 60.5 Å². The molecule has 0 atom stereocenters. The minimum absolute atomic E-state index is 0.234. The Hall–Kier alpha value is -4.07. The Bertz CT molecular complexity index is 1370. The number of hydrogen-bond donors (Lipinski definition) is 1. The van der Waals surface area contributed by atoms with Crippen LogP contribution in [-0.2, 0) is 11.0 Å². The van der Waals surface area contributed by atoms with E-state index in [1.165, 1.54) is 37.5 Å². The molecular weight excluding hydrogens is 450 g/mol. The van der Waals surface area contributed by atoms with Crippen LogP contribution in [0.3, 0.4) is 0 Å². The minimum atomic E-state index is -4.45. The van der Waals surface area contributed by atoms with Crippen LogP contribution in [-0.4, -0.2) is 13.0 Å². The Labute approximate surface area is 192 Å². The Morgan fingerprint density at radius 2 is 1.71 bits per heavy atom. The van der Waals surface area contributed by atoms with E-state index in [0.717, 1.165) is 28.6 Å². The first kappa shape index (κ1) is 23.1. The lowest BCUT2D eigenvalue weighted by atomic mass is 9.99. The van der Waals surface area contributed by atoms with Crippen molar-refractivity contribution in [1.29, 1.82) is 0 Å². The zero-order valence-corrected chi connectivity index (χ0v) is 18.2. The van der Waals surface area contributed by atoms with Crippen LogP contribution >= 0.6 is 0 Å². The molecule has 3 aromatic carbocycles. The number of nitrogens with one attached hydrogen (secondary N) is 1. The van der Waals surface area contributed by atoms with Crippen molar-refractivity contribution in [1.82, 2.24) is 0 Å². The monoisotopic (exact) mass is 469 g/mol. The zero-order valence-electron chi connectivity index (χ0n) is 18.2. The second-order valence-electron chi connectivity index (χ2n) is 7.60. The number of allylic oxidation sites excluding steroid dienone is 1. The normalized spacial score (nSPS) is 12.1. The van der Waals surface area contributed by atoms with Crippen LogP contribution in [0.1, 0.15) is 18.1 Å². The highest BCUT2D eigenvalue weighted by molar-refractivity contribution is 6.05. The summed E-state index contributed by atoms with van der Waals surface area (Å²) in [5.41, 5.74) is 2.70. The Morgan fingerprint density at radius 1 is 1.03 bits per heavy atom. The predicted molar refractivity (Wildman–Crippen MR) is 122 cm³/mol. The average molecular weight is 469 g/mol. The molecule has 0 fully saturated rings. The molecule has 0 spiro atoms. The van der Waals surface area contributed by atoms with Crippen LogP contribution in [0.15, 0.2) is 77.4 Å². The molecule has 174 valence electrons. The first-order valence-electron chi connectivity index (χ1n) is 10.2. The van der Waals surface area contributed by atoms with Gasteiger partial charge in [-0.15, -0.1) is 0 Å². The lowest BCUT2D eigenvalue weighted by Gasteiger charge is -2.11. The molecule has 4 aromatic rings. The van der Waals surface area contributed by atoms with E-state index < -0.39 is 17.6 Å². The van der Waals surface area contributed by atoms with E-state index in [-0.39, 0.29) is 11.5 Å². The second-order valence-corrected chi connectivity index (χ2v) is 7.60. The summed E-state index contributed by atoms with van der Waals surface area (Å²) >= 11 is 0. The number of hydrogen-bond acceptors (Lipinski definition) is 3. The number of methoxy groups -OCH3 is 1. The summed E-state index contributed by atoms with van der Waals surface area (Å²) < 4.78 is 62.6. The Balaban J connectivity index is 1.64. The number of benzene rings is 3. The zero-order chi connectivity index (χ0) is 24.5. The van der Waals surface area contributed by atoms with Gasteiger partial charge in [0.25, 0.3) is 0 Å². The van der Waals surface area contributed by atoms with Gasteiger partial charge in [0.2, 0.25) is 5.91 Å². The number of anilines is 1. The molecule has 0 bridgehead atoms. The fourth-order valence-corrected chi connectivity index (χ4v) is 3.58. The molecule has 34 heavy (non-hydrogen) atoms.